The van der Waals surface area contributed by atoms with Gasteiger partial charge in [-0.15, -0.1) is 0 Å². The molecule has 0 atom stereocenters. The van der Waals surface area contributed by atoms with E-state index < -0.39 is 18.9 Å². The maximum atomic E-state index is 13.5. The van der Waals surface area contributed by atoms with Gasteiger partial charge in [-0.25, -0.2) is 4.68 Å². The maximum Gasteiger partial charge on any atom is 0.270 e. The molecule has 4 rings (SSSR count). The van der Waals surface area contributed by atoms with Crippen LogP contribution in [0.15, 0.2) is 36.7 Å². The molecular weight excluding hydrogens is 516 g/mol. The lowest BCUT2D eigenvalue weighted by Gasteiger charge is -2.16. The summed E-state index contributed by atoms with van der Waals surface area (Å²) in [5.41, 5.74) is 4.23. The van der Waals surface area contributed by atoms with Gasteiger partial charge in [0.15, 0.2) is 0 Å². The number of aromatic nitrogens is 4. The molecule has 0 aliphatic carbocycles. The Bertz CT molecular complexity index is 1530. The number of carbonyl (C=O) groups excluding carboxylic acids is 1. The molecule has 0 radical (unpaired) electrons. The Morgan fingerprint density at radius 3 is 2.41 bits per heavy atom. The molecule has 206 valence electrons. The monoisotopic (exact) mass is 550 g/mol. The van der Waals surface area contributed by atoms with Gasteiger partial charge in [0.2, 0.25) is 0 Å². The highest BCUT2D eigenvalue weighted by Gasteiger charge is 2.22. The summed E-state index contributed by atoms with van der Waals surface area (Å²) in [6, 6.07) is 7.46. The van der Waals surface area contributed by atoms with Gasteiger partial charge >= 0.3 is 0 Å². The van der Waals surface area contributed by atoms with Gasteiger partial charge in [0.05, 0.1) is 29.3 Å². The zero-order chi connectivity index (χ0) is 28.5. The number of hydrogen-bond acceptors (Lipinski definition) is 7. The van der Waals surface area contributed by atoms with E-state index in [1.54, 1.807) is 41.5 Å². The van der Waals surface area contributed by atoms with Gasteiger partial charge in [-0.2, -0.15) is 10.2 Å². The molecule has 2 aromatic carbocycles. The second-order valence-corrected chi connectivity index (χ2v) is 16.5. The van der Waals surface area contributed by atoms with Gasteiger partial charge in [-0.3, -0.25) is 19.6 Å². The fraction of sp³-hybridized carbons (Fsp3) is 0.370. The highest BCUT2D eigenvalue weighted by molar-refractivity contribution is 6.76. The molecule has 12 heteroatoms. The van der Waals surface area contributed by atoms with Crippen molar-refractivity contribution in [1.82, 2.24) is 19.6 Å². The van der Waals surface area contributed by atoms with Crippen molar-refractivity contribution in [2.45, 2.75) is 46.3 Å². The molecule has 0 fully saturated rings. The average molecular weight is 551 g/mol. The Balaban J connectivity index is 1.74. The highest BCUT2D eigenvalue weighted by Crippen LogP contribution is 2.34. The van der Waals surface area contributed by atoms with Crippen molar-refractivity contribution in [2.24, 2.45) is 7.05 Å². The predicted octanol–water partition coefficient (Wildman–Crippen LogP) is 5.54. The van der Waals surface area contributed by atoms with Crippen LogP contribution in [0.5, 0.6) is 5.75 Å². The minimum atomic E-state index is -1.24. The number of methoxy groups -OCH3 is 1. The van der Waals surface area contributed by atoms with Gasteiger partial charge < -0.3 is 14.8 Å². The van der Waals surface area contributed by atoms with E-state index in [2.05, 4.69) is 30.1 Å². The number of benzene rings is 2. The Hall–Kier alpha value is -4.03. The van der Waals surface area contributed by atoms with E-state index in [1.807, 2.05) is 13.2 Å². The van der Waals surface area contributed by atoms with Gasteiger partial charge in [-0.05, 0) is 37.1 Å². The second kappa shape index (κ2) is 11.0. The van der Waals surface area contributed by atoms with Crippen LogP contribution < -0.4 is 10.1 Å². The number of nitro benzene ring substituents is 1. The Morgan fingerprint density at radius 1 is 1.15 bits per heavy atom. The first kappa shape index (κ1) is 28.0. The quantitative estimate of drug-likeness (QED) is 0.119. The van der Waals surface area contributed by atoms with Crippen LogP contribution in [0.25, 0.3) is 22.2 Å². The van der Waals surface area contributed by atoms with Crippen molar-refractivity contribution < 1.29 is 19.2 Å². The maximum absolute atomic E-state index is 13.5. The molecular formula is C27H34N6O5Si. The van der Waals surface area contributed by atoms with Crippen molar-refractivity contribution >= 4 is 36.3 Å². The molecule has 4 aromatic rings. The van der Waals surface area contributed by atoms with Crippen LogP contribution in [0, 0.1) is 24.0 Å². The summed E-state index contributed by atoms with van der Waals surface area (Å²) in [5, 5.41) is 24.0. The van der Waals surface area contributed by atoms with Gasteiger partial charge in [0.1, 0.15) is 18.2 Å². The largest absolute Gasteiger partial charge is 0.496 e. The lowest BCUT2D eigenvalue weighted by molar-refractivity contribution is -0.384. The molecule has 1 N–H and O–H groups in total. The first-order chi connectivity index (χ1) is 18.4. The number of non-ortho nitro benzene ring substituents is 1. The molecule has 0 aliphatic rings. The normalized spacial score (nSPS) is 11.7. The second-order valence-electron chi connectivity index (χ2n) is 10.8. The molecule has 0 aliphatic heterocycles. The Morgan fingerprint density at radius 2 is 1.85 bits per heavy atom. The van der Waals surface area contributed by atoms with Crippen LogP contribution in [0.2, 0.25) is 25.7 Å². The number of ether oxygens (including phenoxy) is 2. The number of hydrogen-bond donors (Lipinski definition) is 1. The van der Waals surface area contributed by atoms with Crippen molar-refractivity contribution in [3.63, 3.8) is 0 Å². The third kappa shape index (κ3) is 6.18. The SMILES string of the molecule is COc1cc2c(cc1C(=O)Nc1c(C)cc([N+](=O)[O-])cc1C)c(-c1cnn(C)c1)nn2COCC[Si](C)(C)C. The highest BCUT2D eigenvalue weighted by atomic mass is 28.3. The minimum absolute atomic E-state index is 0.0254. The number of nitro groups is 1. The average Bonchev–Trinajstić information content (AvgIpc) is 3.45. The number of fused-ring (bicyclic) bond motifs is 1. The molecule has 2 heterocycles. The fourth-order valence-electron chi connectivity index (χ4n) is 4.36. The smallest absolute Gasteiger partial charge is 0.270 e. The lowest BCUT2D eigenvalue weighted by Crippen LogP contribution is -2.22. The van der Waals surface area contributed by atoms with Crippen LogP contribution in [-0.4, -0.2) is 52.2 Å². The summed E-state index contributed by atoms with van der Waals surface area (Å²) in [6.07, 6.45) is 3.59. The van der Waals surface area contributed by atoms with Crippen molar-refractivity contribution in [2.75, 3.05) is 19.0 Å². The van der Waals surface area contributed by atoms with E-state index in [0.717, 1.165) is 22.5 Å². The summed E-state index contributed by atoms with van der Waals surface area (Å²) in [5.74, 6) is -0.0247. The zero-order valence-corrected chi connectivity index (χ0v) is 24.4. The van der Waals surface area contributed by atoms with Crippen molar-refractivity contribution in [3.8, 4) is 17.0 Å². The summed E-state index contributed by atoms with van der Waals surface area (Å²) < 4.78 is 15.1. The summed E-state index contributed by atoms with van der Waals surface area (Å²) >= 11 is 0. The Kier molecular flexibility index (Phi) is 7.88. The topological polar surface area (TPSA) is 126 Å². The standard InChI is InChI=1S/C27H34N6O5Si/c1-17-10-20(33(35)36)11-18(2)25(17)29-27(34)22-12-21-23(13-24(22)37-4)32(16-38-8-9-39(5,6)7)30-26(21)19-14-28-31(3)15-19/h10-15H,8-9,16H2,1-7H3,(H,29,34). The molecule has 1 amide bonds. The van der Waals surface area contributed by atoms with Crippen LogP contribution in [-0.2, 0) is 18.5 Å². The first-order valence-electron chi connectivity index (χ1n) is 12.6. The third-order valence-electron chi connectivity index (χ3n) is 6.47. The number of carbonyl (C=O) groups is 1. The van der Waals surface area contributed by atoms with Crippen molar-refractivity contribution in [3.05, 3.63) is 63.5 Å². The lowest BCUT2D eigenvalue weighted by atomic mass is 10.0. The van der Waals surface area contributed by atoms with Crippen molar-refractivity contribution in [1.29, 1.82) is 0 Å². The summed E-state index contributed by atoms with van der Waals surface area (Å²) in [7, 11) is 2.10. The molecule has 0 bridgehead atoms. The van der Waals surface area contributed by atoms with E-state index in [9.17, 15) is 14.9 Å². The van der Waals surface area contributed by atoms with Crippen LogP contribution in [0.1, 0.15) is 21.5 Å². The predicted molar refractivity (Wildman–Crippen MR) is 153 cm³/mol. The molecule has 2 aromatic heterocycles. The van der Waals surface area contributed by atoms with Crippen LogP contribution >= 0.6 is 0 Å². The number of nitrogens with zero attached hydrogens (tertiary/aromatic N) is 5. The fourth-order valence-corrected chi connectivity index (χ4v) is 5.11. The van der Waals surface area contributed by atoms with E-state index in [0.29, 0.717) is 40.4 Å². The van der Waals surface area contributed by atoms with E-state index in [1.165, 1.54) is 19.2 Å². The minimum Gasteiger partial charge on any atom is -0.496 e. The van der Waals surface area contributed by atoms with Gasteiger partial charge in [-0.1, -0.05) is 19.6 Å². The summed E-state index contributed by atoms with van der Waals surface area (Å²) in [6.45, 7) is 11.3. The number of amides is 1. The van der Waals surface area contributed by atoms with Gasteiger partial charge in [0.25, 0.3) is 11.6 Å². The van der Waals surface area contributed by atoms with E-state index in [-0.39, 0.29) is 12.4 Å². The Labute approximate surface area is 227 Å². The molecule has 11 nitrogen and oxygen atoms in total. The van der Waals surface area contributed by atoms with E-state index in [4.69, 9.17) is 14.6 Å². The number of rotatable bonds is 10. The van der Waals surface area contributed by atoms with E-state index >= 15 is 0 Å². The van der Waals surface area contributed by atoms with Crippen LogP contribution in [0.3, 0.4) is 0 Å². The molecule has 39 heavy (non-hydrogen) atoms. The first-order valence-corrected chi connectivity index (χ1v) is 16.3. The molecule has 0 saturated heterocycles. The molecule has 0 unspecified atom stereocenters. The zero-order valence-electron chi connectivity index (χ0n) is 23.4. The number of anilines is 1. The van der Waals surface area contributed by atoms with Gasteiger partial charge in [0, 0.05) is 62.8 Å². The van der Waals surface area contributed by atoms with Crippen LogP contribution in [0.4, 0.5) is 11.4 Å². The molecule has 0 spiro atoms. The number of nitrogens with one attached hydrogen (secondary N) is 1. The third-order valence-corrected chi connectivity index (χ3v) is 8.18. The summed E-state index contributed by atoms with van der Waals surface area (Å²) in [4.78, 5) is 24.3. The molecule has 0 saturated carbocycles. The number of aryl methyl sites for hydroxylation is 3.